The number of aromatic nitrogens is 2. The number of nitrogens with zero attached hydrogens (tertiary/aromatic N) is 2. The lowest BCUT2D eigenvalue weighted by molar-refractivity contribution is 0.281. The van der Waals surface area contributed by atoms with Crippen molar-refractivity contribution >= 4 is 21.5 Å². The number of ether oxygens (including phenoxy) is 4. The molecular formula is C34H26N2O4. The summed E-state index contributed by atoms with van der Waals surface area (Å²) in [6.45, 7) is 0.490. The third kappa shape index (κ3) is 3.88. The molecule has 1 aliphatic heterocycles. The molecule has 0 saturated carbocycles. The molecule has 40 heavy (non-hydrogen) atoms. The number of hydrogen-bond donors (Lipinski definition) is 0. The third-order valence-electron chi connectivity index (χ3n) is 7.46. The zero-order valence-electron chi connectivity index (χ0n) is 22.2. The number of fused-ring (bicyclic) bond motifs is 10. The SMILES string of the molecule is COc1cc2ccccc2c2c1COc1ncccc1-c1cccnc1OCc1c(OC)cc3ccccc3c1-2. The van der Waals surface area contributed by atoms with Crippen LogP contribution in [0.5, 0.6) is 23.3 Å². The summed E-state index contributed by atoms with van der Waals surface area (Å²) in [5.41, 5.74) is 5.48. The van der Waals surface area contributed by atoms with Crippen LogP contribution < -0.4 is 18.9 Å². The Bertz CT molecular complexity index is 1760. The predicted molar refractivity (Wildman–Crippen MR) is 156 cm³/mol. The number of hydrogen-bond acceptors (Lipinski definition) is 6. The van der Waals surface area contributed by atoms with Crippen molar-refractivity contribution in [3.8, 4) is 45.5 Å². The third-order valence-corrected chi connectivity index (χ3v) is 7.46. The smallest absolute Gasteiger partial charge is 0.221 e. The van der Waals surface area contributed by atoms with E-state index in [1.165, 1.54) is 0 Å². The maximum absolute atomic E-state index is 6.51. The molecule has 0 fully saturated rings. The quantitative estimate of drug-likeness (QED) is 0.231. The van der Waals surface area contributed by atoms with E-state index < -0.39 is 0 Å². The van der Waals surface area contributed by atoms with Gasteiger partial charge in [-0.2, -0.15) is 0 Å². The molecule has 6 heteroatoms. The highest BCUT2D eigenvalue weighted by Gasteiger charge is 2.26. The van der Waals surface area contributed by atoms with Crippen molar-refractivity contribution in [1.82, 2.24) is 9.97 Å². The summed E-state index contributed by atoms with van der Waals surface area (Å²) in [7, 11) is 3.39. The van der Waals surface area contributed by atoms with Crippen LogP contribution in [0.15, 0.2) is 97.3 Å². The second-order valence-electron chi connectivity index (χ2n) is 9.60. The van der Waals surface area contributed by atoms with Crippen molar-refractivity contribution in [1.29, 1.82) is 0 Å². The maximum atomic E-state index is 6.51. The topological polar surface area (TPSA) is 62.7 Å². The van der Waals surface area contributed by atoms with Crippen LogP contribution in [0, 0.1) is 0 Å². The molecule has 1 aliphatic rings. The Balaban J connectivity index is 1.62. The van der Waals surface area contributed by atoms with E-state index in [-0.39, 0.29) is 13.2 Å². The molecule has 7 rings (SSSR count). The van der Waals surface area contributed by atoms with Crippen LogP contribution in [0.3, 0.4) is 0 Å². The van der Waals surface area contributed by atoms with Crippen LogP contribution in [-0.2, 0) is 13.2 Å². The lowest BCUT2D eigenvalue weighted by Crippen LogP contribution is -2.09. The van der Waals surface area contributed by atoms with E-state index >= 15 is 0 Å². The number of pyridine rings is 2. The summed E-state index contributed by atoms with van der Waals surface area (Å²) in [6.07, 6.45) is 3.46. The molecule has 196 valence electrons. The fourth-order valence-corrected chi connectivity index (χ4v) is 5.65. The summed E-state index contributed by atoms with van der Waals surface area (Å²) in [5.74, 6) is 2.48. The van der Waals surface area contributed by atoms with Gasteiger partial charge in [-0.05, 0) is 57.9 Å². The molecule has 4 aromatic carbocycles. The van der Waals surface area contributed by atoms with Crippen molar-refractivity contribution in [2.75, 3.05) is 14.2 Å². The summed E-state index contributed by atoms with van der Waals surface area (Å²) in [5, 5.41) is 4.29. The monoisotopic (exact) mass is 526 g/mol. The van der Waals surface area contributed by atoms with Gasteiger partial charge in [0, 0.05) is 45.8 Å². The second-order valence-corrected chi connectivity index (χ2v) is 9.60. The minimum atomic E-state index is 0.245. The predicted octanol–water partition coefficient (Wildman–Crippen LogP) is 7.61. The van der Waals surface area contributed by atoms with Crippen LogP contribution in [0.1, 0.15) is 11.1 Å². The van der Waals surface area contributed by atoms with Crippen LogP contribution in [0.25, 0.3) is 43.8 Å². The molecule has 2 aromatic heterocycles. The van der Waals surface area contributed by atoms with Crippen molar-refractivity contribution < 1.29 is 18.9 Å². The molecule has 0 radical (unpaired) electrons. The van der Waals surface area contributed by atoms with E-state index in [2.05, 4.69) is 58.5 Å². The van der Waals surface area contributed by atoms with Crippen molar-refractivity contribution in [2.24, 2.45) is 0 Å². The molecule has 0 saturated heterocycles. The van der Waals surface area contributed by atoms with E-state index in [0.29, 0.717) is 11.8 Å². The van der Waals surface area contributed by atoms with Crippen molar-refractivity contribution in [3.05, 3.63) is 108 Å². The first-order chi connectivity index (χ1) is 19.8. The van der Waals surface area contributed by atoms with Gasteiger partial charge in [-0.15, -0.1) is 0 Å². The highest BCUT2D eigenvalue weighted by atomic mass is 16.5. The zero-order valence-corrected chi connectivity index (χ0v) is 22.2. The van der Waals surface area contributed by atoms with Crippen molar-refractivity contribution in [2.45, 2.75) is 13.2 Å². The average Bonchev–Trinajstić information content (AvgIpc) is 3.01. The van der Waals surface area contributed by atoms with Gasteiger partial charge < -0.3 is 18.9 Å². The van der Waals surface area contributed by atoms with Gasteiger partial charge in [0.2, 0.25) is 11.8 Å². The second kappa shape index (κ2) is 9.89. The van der Waals surface area contributed by atoms with E-state index in [4.69, 9.17) is 18.9 Å². The molecule has 6 aromatic rings. The van der Waals surface area contributed by atoms with E-state index in [0.717, 1.165) is 66.4 Å². The Hall–Kier alpha value is -5.10. The van der Waals surface area contributed by atoms with Gasteiger partial charge in [0.05, 0.1) is 14.2 Å². The average molecular weight is 527 g/mol. The molecule has 0 unspecified atom stereocenters. The summed E-state index contributed by atoms with van der Waals surface area (Å²) in [6, 6.07) is 28.5. The standard InChI is InChI=1S/C34H26N2O4/c1-37-29-17-21-9-3-5-11-23(21)31-27(29)19-39-33-25(13-7-15-35-33)26-14-8-16-36-34(26)40-20-28-30(38-2)18-22-10-4-6-12-24(22)32(28)31/h3-18H,19-20H2,1-2H3. The van der Waals surface area contributed by atoms with Crippen LogP contribution in [0.4, 0.5) is 0 Å². The Morgan fingerprint density at radius 1 is 0.575 bits per heavy atom. The van der Waals surface area contributed by atoms with Crippen LogP contribution in [0.2, 0.25) is 0 Å². The number of rotatable bonds is 2. The molecule has 0 spiro atoms. The Morgan fingerprint density at radius 3 is 1.48 bits per heavy atom. The van der Waals surface area contributed by atoms with Gasteiger partial charge in [0.15, 0.2) is 0 Å². The minimum absolute atomic E-state index is 0.245. The molecule has 0 bridgehead atoms. The molecule has 6 nitrogen and oxygen atoms in total. The first-order valence-corrected chi connectivity index (χ1v) is 13.1. The van der Waals surface area contributed by atoms with Gasteiger partial charge in [0.25, 0.3) is 0 Å². The van der Waals surface area contributed by atoms with E-state index in [1.54, 1.807) is 26.6 Å². The van der Waals surface area contributed by atoms with Gasteiger partial charge in [0.1, 0.15) is 24.7 Å². The van der Waals surface area contributed by atoms with Crippen LogP contribution in [-0.4, -0.2) is 24.2 Å². The minimum Gasteiger partial charge on any atom is -0.496 e. The molecule has 0 atom stereocenters. The highest BCUT2D eigenvalue weighted by Crippen LogP contribution is 2.47. The maximum Gasteiger partial charge on any atom is 0.221 e. The normalized spacial score (nSPS) is 12.4. The highest BCUT2D eigenvalue weighted by molar-refractivity contribution is 6.09. The molecule has 3 heterocycles. The molecular weight excluding hydrogens is 500 g/mol. The van der Waals surface area contributed by atoms with Gasteiger partial charge >= 0.3 is 0 Å². The first-order valence-electron chi connectivity index (χ1n) is 13.1. The summed E-state index contributed by atoms with van der Waals surface area (Å²) >= 11 is 0. The summed E-state index contributed by atoms with van der Waals surface area (Å²) < 4.78 is 25.0. The van der Waals surface area contributed by atoms with Gasteiger partial charge in [-0.1, -0.05) is 48.5 Å². The summed E-state index contributed by atoms with van der Waals surface area (Å²) in [4.78, 5) is 9.18. The van der Waals surface area contributed by atoms with Crippen molar-refractivity contribution in [3.63, 3.8) is 0 Å². The molecule has 0 N–H and O–H groups in total. The Kier molecular flexibility index (Phi) is 5.93. The largest absolute Gasteiger partial charge is 0.496 e. The first kappa shape index (κ1) is 24.0. The Morgan fingerprint density at radius 2 is 1.02 bits per heavy atom. The lowest BCUT2D eigenvalue weighted by atomic mass is 9.86. The Labute approximate surface area is 231 Å². The van der Waals surface area contributed by atoms with E-state index in [9.17, 15) is 0 Å². The lowest BCUT2D eigenvalue weighted by Gasteiger charge is -2.24. The number of benzene rings is 4. The fraction of sp³-hybridized carbons (Fsp3) is 0.118. The number of methoxy groups -OCH3 is 2. The molecule has 0 aliphatic carbocycles. The van der Waals surface area contributed by atoms with Crippen LogP contribution >= 0.6 is 0 Å². The molecule has 0 amide bonds. The zero-order chi connectivity index (χ0) is 27.1. The van der Waals surface area contributed by atoms with Gasteiger partial charge in [-0.3, -0.25) is 0 Å². The van der Waals surface area contributed by atoms with Gasteiger partial charge in [-0.25, -0.2) is 9.97 Å². The van der Waals surface area contributed by atoms with E-state index in [1.807, 2.05) is 36.4 Å². The fourth-order valence-electron chi connectivity index (χ4n) is 5.65.